The summed E-state index contributed by atoms with van der Waals surface area (Å²) < 4.78 is 1.50. The number of unbranched alkanes of at least 4 members (excludes halogenated alkanes) is 2. The Hall–Kier alpha value is -3.82. The van der Waals surface area contributed by atoms with Crippen LogP contribution in [0.1, 0.15) is 43.3 Å². The van der Waals surface area contributed by atoms with Crippen LogP contribution >= 0.6 is 0 Å². The molecular weight excluding hydrogens is 398 g/mol. The number of nitrogens with zero attached hydrogens (tertiary/aromatic N) is 7. The first-order valence-electron chi connectivity index (χ1n) is 10.0. The smallest absolute Gasteiger partial charge is 0.411 e. The second-order valence-electron chi connectivity index (χ2n) is 6.82. The molecule has 0 saturated carbocycles. The second-order valence-corrected chi connectivity index (χ2v) is 6.82. The van der Waals surface area contributed by atoms with Crippen LogP contribution < -0.4 is 4.90 Å². The Balaban J connectivity index is 1.83. The Bertz CT molecular complexity index is 1020. The third-order valence-corrected chi connectivity index (χ3v) is 4.61. The van der Waals surface area contributed by atoms with Gasteiger partial charge in [-0.2, -0.15) is 0 Å². The van der Waals surface area contributed by atoms with Crippen LogP contribution in [0.5, 0.6) is 0 Å². The molecule has 0 saturated heterocycles. The highest BCUT2D eigenvalue weighted by molar-refractivity contribution is 6.10. The predicted octanol–water partition coefficient (Wildman–Crippen LogP) is 3.25. The van der Waals surface area contributed by atoms with Gasteiger partial charge in [0.1, 0.15) is 5.69 Å². The number of hydrogen-bond acceptors (Lipinski definition) is 7. The summed E-state index contributed by atoms with van der Waals surface area (Å²) in [5.74, 6) is 0.444. The molecule has 10 heteroatoms. The molecule has 0 fully saturated rings. The number of benzene rings is 1. The van der Waals surface area contributed by atoms with Gasteiger partial charge in [-0.15, -0.1) is 5.10 Å². The van der Waals surface area contributed by atoms with E-state index in [4.69, 9.17) is 4.84 Å². The van der Waals surface area contributed by atoms with E-state index in [1.54, 1.807) is 25.4 Å². The number of carbonyl (C=O) groups is 1. The van der Waals surface area contributed by atoms with Gasteiger partial charge in [0.15, 0.2) is 12.3 Å². The SMILES string of the molecule is CCCCCN(C(=O)O)c1cccnc1CO/N=C(/c1ccccc1)c1nnnn1C. The van der Waals surface area contributed by atoms with Crippen molar-refractivity contribution < 1.29 is 14.7 Å². The van der Waals surface area contributed by atoms with Gasteiger partial charge in [0.25, 0.3) is 0 Å². The van der Waals surface area contributed by atoms with Crippen molar-refractivity contribution in [2.75, 3.05) is 11.4 Å². The van der Waals surface area contributed by atoms with Gasteiger partial charge in [-0.1, -0.05) is 55.3 Å². The Morgan fingerprint density at radius 2 is 2.00 bits per heavy atom. The summed E-state index contributed by atoms with van der Waals surface area (Å²) in [6, 6.07) is 12.8. The number of aromatic nitrogens is 5. The van der Waals surface area contributed by atoms with E-state index in [-0.39, 0.29) is 6.61 Å². The first-order valence-corrected chi connectivity index (χ1v) is 10.0. The quantitative estimate of drug-likeness (QED) is 0.302. The molecule has 0 spiro atoms. The van der Waals surface area contributed by atoms with Gasteiger partial charge >= 0.3 is 6.09 Å². The van der Waals surface area contributed by atoms with Crippen LogP contribution in [0.3, 0.4) is 0 Å². The molecule has 3 aromatic rings. The van der Waals surface area contributed by atoms with E-state index in [9.17, 15) is 9.90 Å². The van der Waals surface area contributed by atoms with Crippen molar-refractivity contribution in [3.63, 3.8) is 0 Å². The Morgan fingerprint density at radius 1 is 1.19 bits per heavy atom. The molecule has 10 nitrogen and oxygen atoms in total. The minimum atomic E-state index is -1.02. The van der Waals surface area contributed by atoms with Crippen molar-refractivity contribution >= 4 is 17.5 Å². The lowest BCUT2D eigenvalue weighted by Crippen LogP contribution is -2.31. The lowest BCUT2D eigenvalue weighted by atomic mass is 10.1. The number of carboxylic acid groups (broad SMARTS) is 1. The molecule has 0 unspecified atom stereocenters. The lowest BCUT2D eigenvalue weighted by Gasteiger charge is -2.21. The topological polar surface area (TPSA) is 119 Å². The fourth-order valence-electron chi connectivity index (χ4n) is 3.03. The number of oxime groups is 1. The zero-order chi connectivity index (χ0) is 22.1. The molecule has 1 amide bonds. The van der Waals surface area contributed by atoms with Gasteiger partial charge in [-0.3, -0.25) is 9.88 Å². The van der Waals surface area contributed by atoms with E-state index in [1.165, 1.54) is 9.58 Å². The molecule has 0 bridgehead atoms. The number of pyridine rings is 1. The van der Waals surface area contributed by atoms with E-state index < -0.39 is 6.09 Å². The van der Waals surface area contributed by atoms with Crippen LogP contribution in [-0.2, 0) is 18.5 Å². The molecule has 0 atom stereocenters. The van der Waals surface area contributed by atoms with E-state index in [0.29, 0.717) is 29.5 Å². The van der Waals surface area contributed by atoms with Crippen molar-refractivity contribution in [2.24, 2.45) is 12.2 Å². The molecule has 2 aromatic heterocycles. The van der Waals surface area contributed by atoms with Crippen molar-refractivity contribution in [2.45, 2.75) is 32.8 Å². The molecule has 162 valence electrons. The summed E-state index contributed by atoms with van der Waals surface area (Å²) >= 11 is 0. The predicted molar refractivity (Wildman–Crippen MR) is 115 cm³/mol. The molecule has 3 rings (SSSR count). The van der Waals surface area contributed by atoms with Crippen LogP contribution in [0.15, 0.2) is 53.8 Å². The standard InChI is InChI=1S/C21H25N7O3/c1-3-4-8-14-28(21(29)30)18-12-9-13-22-17(18)15-31-24-19(16-10-6-5-7-11-16)20-23-25-26-27(20)2/h5-7,9-13H,3-4,8,14-15H2,1-2H3,(H,29,30)/b24-19-. The number of anilines is 1. The Morgan fingerprint density at radius 3 is 2.68 bits per heavy atom. The number of tetrazole rings is 1. The van der Waals surface area contributed by atoms with E-state index in [2.05, 4.69) is 32.6 Å². The van der Waals surface area contributed by atoms with Crippen LogP contribution in [-0.4, -0.2) is 48.6 Å². The Labute approximate surface area is 180 Å². The number of amides is 1. The van der Waals surface area contributed by atoms with E-state index >= 15 is 0 Å². The number of hydrogen-bond donors (Lipinski definition) is 1. The summed E-state index contributed by atoms with van der Waals surface area (Å²) in [6.45, 7) is 2.46. The van der Waals surface area contributed by atoms with Gasteiger partial charge in [0.2, 0.25) is 5.82 Å². The van der Waals surface area contributed by atoms with Gasteiger partial charge in [-0.05, 0) is 29.0 Å². The van der Waals surface area contributed by atoms with E-state index in [1.807, 2.05) is 30.3 Å². The minimum absolute atomic E-state index is 0.00462. The van der Waals surface area contributed by atoms with E-state index in [0.717, 1.165) is 24.8 Å². The van der Waals surface area contributed by atoms with Crippen molar-refractivity contribution in [1.29, 1.82) is 0 Å². The maximum Gasteiger partial charge on any atom is 0.411 e. The van der Waals surface area contributed by atoms with Crippen LogP contribution in [0.2, 0.25) is 0 Å². The molecule has 1 aromatic carbocycles. The normalized spacial score (nSPS) is 11.4. The van der Waals surface area contributed by atoms with Crippen molar-refractivity contribution in [3.8, 4) is 0 Å². The molecule has 0 aliphatic carbocycles. The Kier molecular flexibility index (Phi) is 7.63. The first-order chi connectivity index (χ1) is 15.1. The monoisotopic (exact) mass is 423 g/mol. The maximum atomic E-state index is 11.8. The molecule has 0 aliphatic heterocycles. The average Bonchev–Trinajstić information content (AvgIpc) is 3.21. The van der Waals surface area contributed by atoms with Crippen molar-refractivity contribution in [1.82, 2.24) is 25.2 Å². The zero-order valence-electron chi connectivity index (χ0n) is 17.5. The molecule has 0 radical (unpaired) electrons. The lowest BCUT2D eigenvalue weighted by molar-refractivity contribution is 0.128. The molecule has 31 heavy (non-hydrogen) atoms. The second kappa shape index (κ2) is 10.8. The number of rotatable bonds is 10. The van der Waals surface area contributed by atoms with Crippen LogP contribution in [0, 0.1) is 0 Å². The summed E-state index contributed by atoms with van der Waals surface area (Å²) in [7, 11) is 1.71. The molecule has 1 N–H and O–H groups in total. The molecule has 2 heterocycles. The van der Waals surface area contributed by atoms with Gasteiger partial charge < -0.3 is 9.94 Å². The summed E-state index contributed by atoms with van der Waals surface area (Å²) in [5, 5.41) is 25.5. The largest absolute Gasteiger partial charge is 0.465 e. The fraction of sp³-hybridized carbons (Fsp3) is 0.333. The maximum absolute atomic E-state index is 11.8. The van der Waals surface area contributed by atoms with Crippen LogP contribution in [0.4, 0.5) is 10.5 Å². The highest BCUT2D eigenvalue weighted by Gasteiger charge is 2.19. The summed E-state index contributed by atoms with van der Waals surface area (Å²) in [4.78, 5) is 23.0. The average molecular weight is 423 g/mol. The first kappa shape index (κ1) is 21.9. The highest BCUT2D eigenvalue weighted by atomic mass is 16.6. The highest BCUT2D eigenvalue weighted by Crippen LogP contribution is 2.21. The van der Waals surface area contributed by atoms with Crippen molar-refractivity contribution in [3.05, 3.63) is 65.7 Å². The number of aryl methyl sites for hydroxylation is 1. The zero-order valence-corrected chi connectivity index (χ0v) is 17.5. The van der Waals surface area contributed by atoms with Gasteiger partial charge in [0.05, 0.1) is 5.69 Å². The fourth-order valence-corrected chi connectivity index (χ4v) is 3.03. The van der Waals surface area contributed by atoms with Crippen LogP contribution in [0.25, 0.3) is 0 Å². The summed E-state index contributed by atoms with van der Waals surface area (Å²) in [5.41, 5.74) is 2.22. The van der Waals surface area contributed by atoms with Gasteiger partial charge in [0, 0.05) is 25.4 Å². The minimum Gasteiger partial charge on any atom is -0.465 e. The summed E-state index contributed by atoms with van der Waals surface area (Å²) in [6.07, 6.45) is 3.30. The molecular formula is C21H25N7O3. The van der Waals surface area contributed by atoms with Gasteiger partial charge in [-0.25, -0.2) is 9.48 Å². The molecule has 0 aliphatic rings. The third kappa shape index (κ3) is 5.62. The third-order valence-electron chi connectivity index (χ3n) is 4.61.